The van der Waals surface area contributed by atoms with Crippen LogP contribution in [0.25, 0.3) is 27.8 Å². The highest BCUT2D eigenvalue weighted by Crippen LogP contribution is 2.32. The standard InChI is InChI=1S/C28H24N4OS/c1-19-10-14-22(15-11-19)27-30-31-28(34-18-26(33)29-23-16-12-20(2)13-17-23)32(27)25-9-5-7-21-6-3-4-8-24(21)25/h3-17H,18H2,1-2H3,(H,29,33). The molecule has 5 nitrogen and oxygen atoms in total. The van der Waals surface area contributed by atoms with Gasteiger partial charge in [-0.05, 0) is 37.4 Å². The Morgan fingerprint density at radius 1 is 0.824 bits per heavy atom. The summed E-state index contributed by atoms with van der Waals surface area (Å²) in [5.74, 6) is 0.890. The number of anilines is 1. The maximum Gasteiger partial charge on any atom is 0.234 e. The van der Waals surface area contributed by atoms with Gasteiger partial charge in [0, 0.05) is 16.6 Å². The number of nitrogens with zero attached hydrogens (tertiary/aromatic N) is 3. The average molecular weight is 465 g/mol. The number of aromatic nitrogens is 3. The smallest absolute Gasteiger partial charge is 0.234 e. The van der Waals surface area contributed by atoms with Crippen molar-refractivity contribution in [2.75, 3.05) is 11.1 Å². The van der Waals surface area contributed by atoms with Crippen molar-refractivity contribution >= 4 is 34.1 Å². The third-order valence-electron chi connectivity index (χ3n) is 5.62. The van der Waals surface area contributed by atoms with Crippen molar-refractivity contribution < 1.29 is 4.79 Å². The zero-order valence-electron chi connectivity index (χ0n) is 19.0. The molecular weight excluding hydrogens is 440 g/mol. The lowest BCUT2D eigenvalue weighted by atomic mass is 10.1. The number of hydrogen-bond acceptors (Lipinski definition) is 4. The summed E-state index contributed by atoms with van der Waals surface area (Å²) in [4.78, 5) is 12.7. The number of nitrogens with one attached hydrogen (secondary N) is 1. The zero-order chi connectivity index (χ0) is 23.5. The van der Waals surface area contributed by atoms with Crippen molar-refractivity contribution in [1.29, 1.82) is 0 Å². The Hall–Kier alpha value is -3.90. The molecule has 0 fully saturated rings. The van der Waals surface area contributed by atoms with Gasteiger partial charge in [-0.3, -0.25) is 9.36 Å². The molecular formula is C28H24N4OS. The van der Waals surface area contributed by atoms with Gasteiger partial charge in [0.25, 0.3) is 0 Å². The van der Waals surface area contributed by atoms with Crippen molar-refractivity contribution in [3.8, 4) is 17.1 Å². The normalized spacial score (nSPS) is 11.0. The lowest BCUT2D eigenvalue weighted by Crippen LogP contribution is -2.14. The van der Waals surface area contributed by atoms with Crippen LogP contribution in [-0.4, -0.2) is 26.4 Å². The minimum absolute atomic E-state index is 0.0850. The van der Waals surface area contributed by atoms with Crippen molar-refractivity contribution in [2.45, 2.75) is 19.0 Å². The van der Waals surface area contributed by atoms with E-state index in [4.69, 9.17) is 0 Å². The number of thioether (sulfide) groups is 1. The monoisotopic (exact) mass is 464 g/mol. The summed E-state index contributed by atoms with van der Waals surface area (Å²) < 4.78 is 2.05. The van der Waals surface area contributed by atoms with Gasteiger partial charge in [-0.25, -0.2) is 0 Å². The second-order valence-corrected chi connectivity index (χ2v) is 9.15. The molecule has 0 aliphatic rings. The Balaban J connectivity index is 1.50. The van der Waals surface area contributed by atoms with E-state index >= 15 is 0 Å². The van der Waals surface area contributed by atoms with E-state index in [0.29, 0.717) is 5.16 Å². The van der Waals surface area contributed by atoms with Gasteiger partial charge in [-0.15, -0.1) is 10.2 Å². The first-order valence-electron chi connectivity index (χ1n) is 11.1. The maximum absolute atomic E-state index is 12.7. The van der Waals surface area contributed by atoms with Gasteiger partial charge in [0.15, 0.2) is 11.0 Å². The third-order valence-corrected chi connectivity index (χ3v) is 6.55. The highest BCUT2D eigenvalue weighted by atomic mass is 32.2. The Morgan fingerprint density at radius 2 is 1.50 bits per heavy atom. The molecule has 1 N–H and O–H groups in total. The minimum atomic E-state index is -0.0850. The summed E-state index contributed by atoms with van der Waals surface area (Å²) in [5, 5.41) is 14.9. The molecule has 5 aromatic rings. The van der Waals surface area contributed by atoms with Crippen molar-refractivity contribution in [1.82, 2.24) is 14.8 Å². The topological polar surface area (TPSA) is 59.8 Å². The molecule has 0 saturated heterocycles. The van der Waals surface area contributed by atoms with E-state index in [0.717, 1.165) is 39.1 Å². The average Bonchev–Trinajstić information content (AvgIpc) is 3.28. The molecule has 1 aromatic heterocycles. The summed E-state index contributed by atoms with van der Waals surface area (Å²) in [6, 6.07) is 30.5. The van der Waals surface area contributed by atoms with E-state index in [1.54, 1.807) is 0 Å². The third kappa shape index (κ3) is 4.58. The molecule has 4 aromatic carbocycles. The van der Waals surface area contributed by atoms with Crippen LogP contribution in [0.15, 0.2) is 96.2 Å². The van der Waals surface area contributed by atoms with Gasteiger partial charge >= 0.3 is 0 Å². The summed E-state index contributed by atoms with van der Waals surface area (Å²) in [7, 11) is 0. The van der Waals surface area contributed by atoms with Crippen LogP contribution < -0.4 is 5.32 Å². The summed E-state index contributed by atoms with van der Waals surface area (Å²) in [6.45, 7) is 4.08. The maximum atomic E-state index is 12.7. The molecule has 1 amide bonds. The first-order valence-corrected chi connectivity index (χ1v) is 12.1. The van der Waals surface area contributed by atoms with Crippen LogP contribution in [-0.2, 0) is 4.79 Å². The Kier molecular flexibility index (Phi) is 6.14. The van der Waals surface area contributed by atoms with Crippen LogP contribution in [0.3, 0.4) is 0 Å². The van der Waals surface area contributed by atoms with Crippen molar-refractivity contribution in [2.24, 2.45) is 0 Å². The number of amides is 1. The highest BCUT2D eigenvalue weighted by molar-refractivity contribution is 7.99. The molecule has 0 aliphatic heterocycles. The predicted octanol–water partition coefficient (Wildman–Crippen LogP) is 6.44. The number of hydrogen-bond donors (Lipinski definition) is 1. The molecule has 0 spiro atoms. The van der Waals surface area contributed by atoms with E-state index in [9.17, 15) is 4.79 Å². The lowest BCUT2D eigenvalue weighted by Gasteiger charge is -2.13. The first kappa shape index (κ1) is 21.9. The van der Waals surface area contributed by atoms with E-state index < -0.39 is 0 Å². The SMILES string of the molecule is Cc1ccc(NC(=O)CSc2nnc(-c3ccc(C)cc3)n2-c2cccc3ccccc23)cc1. The quantitative estimate of drug-likeness (QED) is 0.294. The fraction of sp³-hybridized carbons (Fsp3) is 0.107. The molecule has 0 radical (unpaired) electrons. The van der Waals surface area contributed by atoms with Crippen LogP contribution in [0.2, 0.25) is 0 Å². The molecule has 5 rings (SSSR count). The molecule has 0 atom stereocenters. The van der Waals surface area contributed by atoms with Crippen molar-refractivity contribution in [3.05, 3.63) is 102 Å². The summed E-state index contributed by atoms with van der Waals surface area (Å²) in [6.07, 6.45) is 0. The fourth-order valence-corrected chi connectivity index (χ4v) is 4.58. The Morgan fingerprint density at radius 3 is 2.26 bits per heavy atom. The van der Waals surface area contributed by atoms with Crippen LogP contribution in [0.4, 0.5) is 5.69 Å². The zero-order valence-corrected chi connectivity index (χ0v) is 19.8. The summed E-state index contributed by atoms with van der Waals surface area (Å²) in [5.41, 5.74) is 5.08. The second kappa shape index (κ2) is 9.53. The first-order chi connectivity index (χ1) is 16.6. The predicted molar refractivity (Wildman–Crippen MR) is 140 cm³/mol. The van der Waals surface area contributed by atoms with E-state index in [-0.39, 0.29) is 11.7 Å². The van der Waals surface area contributed by atoms with Gasteiger partial charge in [-0.1, -0.05) is 95.7 Å². The van der Waals surface area contributed by atoms with Crippen LogP contribution in [0.1, 0.15) is 11.1 Å². The van der Waals surface area contributed by atoms with Gasteiger partial charge < -0.3 is 5.32 Å². The largest absolute Gasteiger partial charge is 0.325 e. The van der Waals surface area contributed by atoms with Gasteiger partial charge in [0.05, 0.1) is 11.4 Å². The van der Waals surface area contributed by atoms with Crippen LogP contribution in [0, 0.1) is 13.8 Å². The van der Waals surface area contributed by atoms with E-state index in [2.05, 4.69) is 75.5 Å². The number of rotatable bonds is 6. The molecule has 34 heavy (non-hydrogen) atoms. The number of fused-ring (bicyclic) bond motifs is 1. The Bertz CT molecular complexity index is 1450. The van der Waals surface area contributed by atoms with Gasteiger partial charge in [0.1, 0.15) is 0 Å². The number of aryl methyl sites for hydroxylation is 2. The highest BCUT2D eigenvalue weighted by Gasteiger charge is 2.19. The number of carbonyl (C=O) groups excluding carboxylic acids is 1. The van der Waals surface area contributed by atoms with Gasteiger partial charge in [-0.2, -0.15) is 0 Å². The number of carbonyl (C=O) groups is 1. The van der Waals surface area contributed by atoms with Crippen LogP contribution >= 0.6 is 11.8 Å². The van der Waals surface area contributed by atoms with Crippen LogP contribution in [0.5, 0.6) is 0 Å². The number of benzene rings is 4. The van der Waals surface area contributed by atoms with E-state index in [1.165, 1.54) is 17.3 Å². The second-order valence-electron chi connectivity index (χ2n) is 8.21. The molecule has 168 valence electrons. The van der Waals surface area contributed by atoms with Gasteiger partial charge in [0.2, 0.25) is 5.91 Å². The lowest BCUT2D eigenvalue weighted by molar-refractivity contribution is -0.113. The molecule has 6 heteroatoms. The fourth-order valence-electron chi connectivity index (χ4n) is 3.84. The van der Waals surface area contributed by atoms with E-state index in [1.807, 2.05) is 49.4 Å². The molecule has 1 heterocycles. The molecule has 0 unspecified atom stereocenters. The molecule has 0 bridgehead atoms. The molecule has 0 saturated carbocycles. The van der Waals surface area contributed by atoms with Crippen molar-refractivity contribution in [3.63, 3.8) is 0 Å². The molecule has 0 aliphatic carbocycles. The Labute approximate surface area is 202 Å². The summed E-state index contributed by atoms with van der Waals surface area (Å²) >= 11 is 1.38. The minimum Gasteiger partial charge on any atom is -0.325 e.